The Hall–Kier alpha value is -6.07. The summed E-state index contributed by atoms with van der Waals surface area (Å²) in [5.74, 6) is -4.52. The highest BCUT2D eigenvalue weighted by atomic mass is 16.4. The maximum Gasteiger partial charge on any atom is 0.326 e. The summed E-state index contributed by atoms with van der Waals surface area (Å²) in [7, 11) is 0. The van der Waals surface area contributed by atoms with Crippen LogP contribution in [-0.2, 0) is 41.6 Å². The van der Waals surface area contributed by atoms with Crippen LogP contribution in [0.25, 0.3) is 10.8 Å². The number of carbonyl (C=O) groups is 6. The molecule has 0 radical (unpaired) electrons. The molecule has 0 unspecified atom stereocenters. The van der Waals surface area contributed by atoms with E-state index < -0.39 is 71.8 Å². The minimum absolute atomic E-state index is 0.0188. The lowest BCUT2D eigenvalue weighted by molar-refractivity contribution is -0.142. The van der Waals surface area contributed by atoms with Gasteiger partial charge in [0.25, 0.3) is 0 Å². The first kappa shape index (κ1) is 48.3. The van der Waals surface area contributed by atoms with Gasteiger partial charge in [0, 0.05) is 19.5 Å². The summed E-state index contributed by atoms with van der Waals surface area (Å²) in [4.78, 5) is 83.2. The lowest BCUT2D eigenvalue weighted by atomic mass is 10.00. The molecule has 60 heavy (non-hydrogen) atoms. The van der Waals surface area contributed by atoms with Crippen LogP contribution in [0.5, 0.6) is 0 Å². The largest absolute Gasteiger partial charge is 0.480 e. The fourth-order valence-corrected chi connectivity index (χ4v) is 6.48. The summed E-state index contributed by atoms with van der Waals surface area (Å²) >= 11 is 0. The molecule has 0 saturated carbocycles. The van der Waals surface area contributed by atoms with Gasteiger partial charge in [-0.05, 0) is 66.8 Å². The van der Waals surface area contributed by atoms with Crippen LogP contribution >= 0.6 is 0 Å². The number of aliphatic carboxylic acids is 1. The van der Waals surface area contributed by atoms with E-state index in [1.807, 2.05) is 79.7 Å². The number of benzene rings is 3. The minimum Gasteiger partial charge on any atom is -0.480 e. The van der Waals surface area contributed by atoms with Crippen LogP contribution in [0.15, 0.2) is 77.8 Å². The summed E-state index contributed by atoms with van der Waals surface area (Å²) < 4.78 is 0. The van der Waals surface area contributed by atoms with E-state index in [0.717, 1.165) is 16.3 Å². The maximum absolute atomic E-state index is 14.0. The van der Waals surface area contributed by atoms with Crippen LogP contribution in [0.3, 0.4) is 0 Å². The van der Waals surface area contributed by atoms with Gasteiger partial charge in [-0.1, -0.05) is 99.5 Å². The van der Waals surface area contributed by atoms with Crippen LogP contribution in [-0.4, -0.2) is 95.9 Å². The van der Waals surface area contributed by atoms with Gasteiger partial charge in [0.15, 0.2) is 5.96 Å². The molecule has 17 heteroatoms. The molecule has 0 aliphatic carbocycles. The number of rotatable bonds is 26. The number of unbranched alkanes of at least 4 members (excludes halogenated alkanes) is 1. The van der Waals surface area contributed by atoms with Crippen molar-refractivity contribution < 1.29 is 33.9 Å². The number of hydrogen-bond donors (Lipinski definition) is 10. The molecule has 0 aliphatic heterocycles. The topological polar surface area (TPSA) is 299 Å². The van der Waals surface area contributed by atoms with Crippen molar-refractivity contribution in [3.05, 3.63) is 83.9 Å². The summed E-state index contributed by atoms with van der Waals surface area (Å²) in [6.07, 6.45) is 3.47. The zero-order chi connectivity index (χ0) is 44.0. The first-order valence-electron chi connectivity index (χ1n) is 20.5. The summed E-state index contributed by atoms with van der Waals surface area (Å²) in [6.45, 7) is 3.60. The Bertz CT molecular complexity index is 1910. The van der Waals surface area contributed by atoms with Crippen molar-refractivity contribution >= 4 is 52.2 Å². The third-order valence-corrected chi connectivity index (χ3v) is 9.87. The molecule has 3 aromatic rings. The van der Waals surface area contributed by atoms with E-state index in [0.29, 0.717) is 50.5 Å². The number of carboxylic acids is 1. The number of hydrogen-bond acceptors (Lipinski definition) is 9. The van der Waals surface area contributed by atoms with E-state index in [2.05, 4.69) is 31.6 Å². The zero-order valence-corrected chi connectivity index (χ0v) is 34.5. The molecule has 326 valence electrons. The molecule has 3 aromatic carbocycles. The smallest absolute Gasteiger partial charge is 0.326 e. The Morgan fingerprint density at radius 1 is 0.600 bits per heavy atom. The Kier molecular flexibility index (Phi) is 20.5. The molecule has 3 rings (SSSR count). The predicted octanol–water partition coefficient (Wildman–Crippen LogP) is 0.854. The predicted molar refractivity (Wildman–Crippen MR) is 231 cm³/mol. The van der Waals surface area contributed by atoms with Crippen molar-refractivity contribution in [1.82, 2.24) is 26.6 Å². The highest BCUT2D eigenvalue weighted by Gasteiger charge is 2.31. The molecule has 0 aliphatic rings. The number of nitrogens with one attached hydrogen (secondary N) is 5. The SMILES string of the molecule is CCC[C@H](NC(=O)[C@H](Cc1ccc2ccccc2c1)NC(=O)[C@H](CCCCN=C(N)N)NC(=O)[C@@H](N)CNC(=O)[C@H](CCC)NC(=O)[C@@H](N)CCc1ccccc1)C(=O)O. The molecule has 5 amide bonds. The molecule has 0 aromatic heterocycles. The minimum atomic E-state index is -1.31. The van der Waals surface area contributed by atoms with Crippen molar-refractivity contribution in [1.29, 1.82) is 0 Å². The van der Waals surface area contributed by atoms with E-state index in [4.69, 9.17) is 22.9 Å². The number of carboxylic acid groups (broad SMARTS) is 1. The summed E-state index contributed by atoms with van der Waals surface area (Å²) in [6, 6.07) is 16.1. The third kappa shape index (κ3) is 16.7. The summed E-state index contributed by atoms with van der Waals surface area (Å²) in [5.41, 5.74) is 25.0. The molecule has 0 spiro atoms. The zero-order valence-electron chi connectivity index (χ0n) is 34.5. The van der Waals surface area contributed by atoms with Crippen LogP contribution in [0.4, 0.5) is 0 Å². The van der Waals surface area contributed by atoms with Crippen LogP contribution in [0.1, 0.15) is 76.3 Å². The highest BCUT2D eigenvalue weighted by molar-refractivity contribution is 5.95. The highest BCUT2D eigenvalue weighted by Crippen LogP contribution is 2.17. The molecular formula is C43H62N10O7. The number of nitrogens with zero attached hydrogens (tertiary/aromatic N) is 1. The van der Waals surface area contributed by atoms with Gasteiger partial charge in [0.05, 0.1) is 6.04 Å². The van der Waals surface area contributed by atoms with Crippen molar-refractivity contribution in [3.63, 3.8) is 0 Å². The van der Waals surface area contributed by atoms with Gasteiger partial charge in [-0.3, -0.25) is 29.0 Å². The van der Waals surface area contributed by atoms with Crippen molar-refractivity contribution in [2.24, 2.45) is 27.9 Å². The Morgan fingerprint density at radius 3 is 1.82 bits per heavy atom. The van der Waals surface area contributed by atoms with E-state index in [1.165, 1.54) is 0 Å². The number of nitrogens with two attached hydrogens (primary N) is 4. The Morgan fingerprint density at radius 2 is 1.17 bits per heavy atom. The number of aryl methyl sites for hydroxylation is 1. The van der Waals surface area contributed by atoms with E-state index in [-0.39, 0.29) is 38.3 Å². The van der Waals surface area contributed by atoms with Crippen molar-refractivity contribution in [2.75, 3.05) is 13.1 Å². The van der Waals surface area contributed by atoms with Crippen molar-refractivity contribution in [3.8, 4) is 0 Å². The quantitative estimate of drug-likeness (QED) is 0.0307. The van der Waals surface area contributed by atoms with Gasteiger partial charge < -0.3 is 54.6 Å². The second-order valence-corrected chi connectivity index (χ2v) is 14.8. The molecule has 6 atom stereocenters. The standard InChI is InChI=1S/C43H62N10O7/c1-3-12-33(50-37(54)31(44)22-20-27-14-6-5-7-15-27)39(56)49-26-32(45)38(55)51-34(18-10-11-23-48-43(46)47)40(57)53-36(41(58)52-35(13-4-2)42(59)60)25-28-19-21-29-16-8-9-17-30(29)24-28/h5-9,14-17,19,21,24,31-36H,3-4,10-13,18,20,22-23,25-26,44-45H2,1-2H3,(H,49,56)(H,50,54)(H,51,55)(H,52,58)(H,53,57)(H,59,60)(H4,46,47,48)/t31-,32-,33-,34-,35-,36-/m0/s1. The lowest BCUT2D eigenvalue weighted by Crippen LogP contribution is -2.59. The number of carbonyl (C=O) groups excluding carboxylic acids is 5. The molecule has 14 N–H and O–H groups in total. The summed E-state index contributed by atoms with van der Waals surface area (Å²) in [5, 5.41) is 24.9. The molecule has 0 heterocycles. The fourth-order valence-electron chi connectivity index (χ4n) is 6.48. The molecular weight excluding hydrogens is 769 g/mol. The number of amides is 5. The van der Waals surface area contributed by atoms with Crippen LogP contribution in [0, 0.1) is 0 Å². The van der Waals surface area contributed by atoms with Crippen LogP contribution < -0.4 is 49.5 Å². The molecule has 0 fully saturated rings. The first-order valence-corrected chi connectivity index (χ1v) is 20.5. The molecule has 17 nitrogen and oxygen atoms in total. The first-order chi connectivity index (χ1) is 28.7. The van der Waals surface area contributed by atoms with E-state index >= 15 is 0 Å². The maximum atomic E-state index is 14.0. The van der Waals surface area contributed by atoms with Gasteiger partial charge in [0.2, 0.25) is 29.5 Å². The molecule has 0 bridgehead atoms. The average Bonchev–Trinajstić information content (AvgIpc) is 3.23. The van der Waals surface area contributed by atoms with Gasteiger partial charge >= 0.3 is 5.97 Å². The number of aliphatic imine (C=N–C) groups is 1. The normalized spacial score (nSPS) is 14.0. The van der Waals surface area contributed by atoms with E-state index in [1.54, 1.807) is 6.92 Å². The Balaban J connectivity index is 1.72. The van der Waals surface area contributed by atoms with Gasteiger partial charge in [-0.2, -0.15) is 0 Å². The number of fused-ring (bicyclic) bond motifs is 1. The number of guanidine groups is 1. The van der Waals surface area contributed by atoms with Gasteiger partial charge in [-0.15, -0.1) is 0 Å². The second kappa shape index (κ2) is 25.4. The fraction of sp³-hybridized carbons (Fsp3) is 0.465. The second-order valence-electron chi connectivity index (χ2n) is 14.8. The molecule has 0 saturated heterocycles. The average molecular weight is 831 g/mol. The Labute approximate surface area is 351 Å². The van der Waals surface area contributed by atoms with Crippen molar-refractivity contribution in [2.45, 2.75) is 114 Å². The lowest BCUT2D eigenvalue weighted by Gasteiger charge is -2.26. The third-order valence-electron chi connectivity index (χ3n) is 9.87. The monoisotopic (exact) mass is 830 g/mol. The van der Waals surface area contributed by atoms with Gasteiger partial charge in [-0.25, -0.2) is 4.79 Å². The van der Waals surface area contributed by atoms with Crippen LogP contribution in [0.2, 0.25) is 0 Å². The van der Waals surface area contributed by atoms with E-state index in [9.17, 15) is 33.9 Å². The van der Waals surface area contributed by atoms with Gasteiger partial charge in [0.1, 0.15) is 30.2 Å².